The van der Waals surface area contributed by atoms with Crippen molar-refractivity contribution < 1.29 is 14.3 Å². The zero-order chi connectivity index (χ0) is 23.0. The molecule has 1 atom stereocenters. The summed E-state index contributed by atoms with van der Waals surface area (Å²) < 4.78 is 7.59. The molecule has 162 valence electrons. The number of pyridine rings is 1. The van der Waals surface area contributed by atoms with Crippen LogP contribution in [-0.2, 0) is 7.05 Å². The van der Waals surface area contributed by atoms with Gasteiger partial charge < -0.3 is 19.4 Å². The van der Waals surface area contributed by atoms with E-state index < -0.39 is 5.97 Å². The lowest BCUT2D eigenvalue weighted by atomic mass is 10.00. The molecule has 0 radical (unpaired) electrons. The number of carboxylic acid groups (broad SMARTS) is 1. The van der Waals surface area contributed by atoms with Crippen molar-refractivity contribution in [3.63, 3.8) is 0 Å². The molecular formula is C25H22N2O5. The molecule has 0 aliphatic rings. The topological polar surface area (TPSA) is 102 Å². The zero-order valence-electron chi connectivity index (χ0n) is 17.9. The van der Waals surface area contributed by atoms with Gasteiger partial charge in [-0.1, -0.05) is 18.2 Å². The van der Waals surface area contributed by atoms with E-state index in [2.05, 4.69) is 5.32 Å². The average molecular weight is 430 g/mol. The molecule has 0 aliphatic carbocycles. The second kappa shape index (κ2) is 8.19. The first kappa shape index (κ1) is 21.1. The van der Waals surface area contributed by atoms with Crippen molar-refractivity contribution in [3.05, 3.63) is 98.1 Å². The first-order valence-corrected chi connectivity index (χ1v) is 10.1. The fourth-order valence-corrected chi connectivity index (χ4v) is 3.74. The van der Waals surface area contributed by atoms with Crippen LogP contribution >= 0.6 is 0 Å². The lowest BCUT2D eigenvalue weighted by Gasteiger charge is -2.19. The molecule has 4 rings (SSSR count). The van der Waals surface area contributed by atoms with Crippen LogP contribution in [-0.4, -0.2) is 15.6 Å². The van der Waals surface area contributed by atoms with Crippen LogP contribution in [0.4, 0.5) is 5.69 Å². The predicted molar refractivity (Wildman–Crippen MR) is 123 cm³/mol. The van der Waals surface area contributed by atoms with E-state index in [1.54, 1.807) is 43.6 Å². The molecule has 32 heavy (non-hydrogen) atoms. The summed E-state index contributed by atoms with van der Waals surface area (Å²) in [6.07, 6.45) is 1.62. The Labute approximate surface area is 183 Å². The summed E-state index contributed by atoms with van der Waals surface area (Å²) in [5.74, 6) is -0.681. The van der Waals surface area contributed by atoms with Crippen LogP contribution in [0.15, 0.2) is 74.8 Å². The number of para-hydroxylation sites is 1. The van der Waals surface area contributed by atoms with Gasteiger partial charge in [0.1, 0.15) is 11.3 Å². The molecule has 1 unspecified atom stereocenters. The highest BCUT2D eigenvalue weighted by Gasteiger charge is 2.18. The van der Waals surface area contributed by atoms with E-state index in [0.29, 0.717) is 28.0 Å². The largest absolute Gasteiger partial charge is 0.478 e. The lowest BCUT2D eigenvalue weighted by Crippen LogP contribution is -2.14. The molecule has 0 fully saturated rings. The summed E-state index contributed by atoms with van der Waals surface area (Å²) in [4.78, 5) is 36.2. The molecule has 2 aromatic carbocycles. The number of aromatic carboxylic acids is 1. The highest BCUT2D eigenvalue weighted by molar-refractivity contribution is 5.94. The zero-order valence-corrected chi connectivity index (χ0v) is 17.9. The standard InChI is InChI=1S/C25H22N2O5/c1-14-10-18(15(2)26-20-7-5-4-6-17(20)25(30)31)24-19(11-14)21(28)12-22(32-24)16-8-9-23(29)27(3)13-16/h4-13,15,26H,1-3H3,(H,30,31). The van der Waals surface area contributed by atoms with E-state index in [-0.39, 0.29) is 22.6 Å². The lowest BCUT2D eigenvalue weighted by molar-refractivity contribution is 0.0698. The summed E-state index contributed by atoms with van der Waals surface area (Å²) in [5.41, 5.74) is 2.90. The first-order chi connectivity index (χ1) is 15.2. The van der Waals surface area contributed by atoms with Gasteiger partial charge in [0.15, 0.2) is 5.43 Å². The molecule has 4 aromatic rings. The molecule has 0 bridgehead atoms. The maximum absolute atomic E-state index is 12.9. The Morgan fingerprint density at radius 1 is 1.09 bits per heavy atom. The maximum Gasteiger partial charge on any atom is 0.337 e. The van der Waals surface area contributed by atoms with Gasteiger partial charge in [0.2, 0.25) is 5.56 Å². The molecule has 7 heteroatoms. The SMILES string of the molecule is Cc1cc(C(C)Nc2ccccc2C(=O)O)c2oc(-c3ccc(=O)n(C)c3)cc(=O)c2c1. The third-order valence-corrected chi connectivity index (χ3v) is 5.37. The van der Waals surface area contributed by atoms with Crippen LogP contribution in [0, 0.1) is 6.92 Å². The molecule has 7 nitrogen and oxygen atoms in total. The number of carboxylic acids is 1. The fourth-order valence-electron chi connectivity index (χ4n) is 3.74. The molecule has 2 aromatic heterocycles. The van der Waals surface area contributed by atoms with Gasteiger partial charge in [0, 0.05) is 42.2 Å². The van der Waals surface area contributed by atoms with Crippen molar-refractivity contribution in [2.24, 2.45) is 7.05 Å². The van der Waals surface area contributed by atoms with Gasteiger partial charge in [-0.2, -0.15) is 0 Å². The van der Waals surface area contributed by atoms with E-state index in [0.717, 1.165) is 11.1 Å². The third-order valence-electron chi connectivity index (χ3n) is 5.37. The van der Waals surface area contributed by atoms with E-state index in [1.165, 1.54) is 22.8 Å². The highest BCUT2D eigenvalue weighted by Crippen LogP contribution is 2.31. The Hall–Kier alpha value is -4.13. The van der Waals surface area contributed by atoms with Crippen LogP contribution < -0.4 is 16.3 Å². The van der Waals surface area contributed by atoms with E-state index >= 15 is 0 Å². The molecule has 0 saturated heterocycles. The number of hydrogen-bond donors (Lipinski definition) is 2. The minimum atomic E-state index is -1.03. The Morgan fingerprint density at radius 2 is 1.84 bits per heavy atom. The molecular weight excluding hydrogens is 408 g/mol. The van der Waals surface area contributed by atoms with Gasteiger partial charge in [0.05, 0.1) is 17.0 Å². The number of benzene rings is 2. The number of aromatic nitrogens is 1. The number of rotatable bonds is 5. The Kier molecular flexibility index (Phi) is 5.40. The van der Waals surface area contributed by atoms with Crippen molar-refractivity contribution in [1.29, 1.82) is 0 Å². The third kappa shape index (κ3) is 3.92. The van der Waals surface area contributed by atoms with Crippen LogP contribution in [0.2, 0.25) is 0 Å². The van der Waals surface area contributed by atoms with Gasteiger partial charge >= 0.3 is 5.97 Å². The summed E-state index contributed by atoms with van der Waals surface area (Å²) >= 11 is 0. The Balaban J connectivity index is 1.86. The van der Waals surface area contributed by atoms with Gasteiger partial charge in [-0.15, -0.1) is 0 Å². The minimum Gasteiger partial charge on any atom is -0.478 e. The molecule has 0 amide bonds. The summed E-state index contributed by atoms with van der Waals surface area (Å²) in [5, 5.41) is 13.2. The number of nitrogens with one attached hydrogen (secondary N) is 1. The van der Waals surface area contributed by atoms with Crippen LogP contribution in [0.3, 0.4) is 0 Å². The second-order valence-corrected chi connectivity index (χ2v) is 7.79. The smallest absolute Gasteiger partial charge is 0.337 e. The average Bonchev–Trinajstić information content (AvgIpc) is 2.75. The number of fused-ring (bicyclic) bond motifs is 1. The van der Waals surface area contributed by atoms with Crippen molar-refractivity contribution in [2.45, 2.75) is 19.9 Å². The summed E-state index contributed by atoms with van der Waals surface area (Å²) in [6, 6.07) is 14.4. The fraction of sp³-hybridized carbons (Fsp3) is 0.160. The Bertz CT molecular complexity index is 1470. The van der Waals surface area contributed by atoms with Crippen molar-refractivity contribution in [3.8, 4) is 11.3 Å². The van der Waals surface area contributed by atoms with Crippen LogP contribution in [0.25, 0.3) is 22.3 Å². The van der Waals surface area contributed by atoms with Gasteiger partial charge in [0.25, 0.3) is 0 Å². The van der Waals surface area contributed by atoms with Crippen molar-refractivity contribution in [2.75, 3.05) is 5.32 Å². The molecule has 0 aliphatic heterocycles. The molecule has 2 heterocycles. The molecule has 0 spiro atoms. The second-order valence-electron chi connectivity index (χ2n) is 7.79. The maximum atomic E-state index is 12.9. The van der Waals surface area contributed by atoms with E-state index in [1.807, 2.05) is 19.9 Å². The van der Waals surface area contributed by atoms with Crippen LogP contribution in [0.1, 0.15) is 34.5 Å². The first-order valence-electron chi connectivity index (χ1n) is 10.1. The minimum absolute atomic E-state index is 0.156. The summed E-state index contributed by atoms with van der Waals surface area (Å²) in [7, 11) is 1.63. The summed E-state index contributed by atoms with van der Waals surface area (Å²) in [6.45, 7) is 3.77. The molecule has 2 N–H and O–H groups in total. The number of aryl methyl sites for hydroxylation is 2. The normalized spacial score (nSPS) is 12.0. The number of nitrogens with zero attached hydrogens (tertiary/aromatic N) is 1. The number of hydrogen-bond acceptors (Lipinski definition) is 5. The van der Waals surface area contributed by atoms with Crippen molar-refractivity contribution in [1.82, 2.24) is 4.57 Å². The van der Waals surface area contributed by atoms with Crippen LogP contribution in [0.5, 0.6) is 0 Å². The number of anilines is 1. The van der Waals surface area contributed by atoms with E-state index in [9.17, 15) is 19.5 Å². The monoisotopic (exact) mass is 430 g/mol. The van der Waals surface area contributed by atoms with Crippen molar-refractivity contribution >= 4 is 22.6 Å². The van der Waals surface area contributed by atoms with Gasteiger partial charge in [-0.3, -0.25) is 9.59 Å². The van der Waals surface area contributed by atoms with Gasteiger partial charge in [-0.25, -0.2) is 4.79 Å². The van der Waals surface area contributed by atoms with E-state index in [4.69, 9.17) is 4.42 Å². The molecule has 0 saturated carbocycles. The highest BCUT2D eigenvalue weighted by atomic mass is 16.4. The Morgan fingerprint density at radius 3 is 2.56 bits per heavy atom. The predicted octanol–water partition coefficient (Wildman–Crippen LogP) is 4.34. The van der Waals surface area contributed by atoms with Gasteiger partial charge in [-0.05, 0) is 43.7 Å². The number of carbonyl (C=O) groups is 1. The quantitative estimate of drug-likeness (QED) is 0.488.